The van der Waals surface area contributed by atoms with Crippen molar-refractivity contribution in [2.24, 2.45) is 0 Å². The molecule has 0 atom stereocenters. The van der Waals surface area contributed by atoms with Crippen molar-refractivity contribution >= 4 is 76.3 Å². The van der Waals surface area contributed by atoms with Crippen molar-refractivity contribution < 1.29 is 4.42 Å². The van der Waals surface area contributed by atoms with Gasteiger partial charge in [-0.2, -0.15) is 0 Å². The van der Waals surface area contributed by atoms with E-state index >= 15 is 0 Å². The Bertz CT molecular complexity index is 3090. The van der Waals surface area contributed by atoms with Crippen LogP contribution in [0.4, 0.5) is 0 Å². The molecular formula is C46H28N2O. The zero-order valence-corrected chi connectivity index (χ0v) is 26.5. The molecule has 3 heterocycles. The number of hydrogen-bond acceptors (Lipinski definition) is 1. The third-order valence-electron chi connectivity index (χ3n) is 10.3. The maximum atomic E-state index is 6.12. The van der Waals surface area contributed by atoms with Crippen molar-refractivity contribution in [3.63, 3.8) is 0 Å². The molecule has 0 spiro atoms. The Morgan fingerprint density at radius 1 is 0.347 bits per heavy atom. The third kappa shape index (κ3) is 3.73. The van der Waals surface area contributed by atoms with Gasteiger partial charge in [-0.05, 0) is 76.5 Å². The first-order valence-corrected chi connectivity index (χ1v) is 16.8. The molecule has 8 aromatic carbocycles. The average Bonchev–Trinajstić information content (AvgIpc) is 3.83. The van der Waals surface area contributed by atoms with Gasteiger partial charge in [-0.3, -0.25) is 0 Å². The van der Waals surface area contributed by atoms with Crippen LogP contribution in [-0.4, -0.2) is 9.13 Å². The lowest BCUT2D eigenvalue weighted by molar-refractivity contribution is 0.669. The number of benzene rings is 8. The second-order valence-corrected chi connectivity index (χ2v) is 12.9. The lowest BCUT2D eigenvalue weighted by Gasteiger charge is -2.13. The first-order chi connectivity index (χ1) is 24.3. The van der Waals surface area contributed by atoms with Gasteiger partial charge >= 0.3 is 0 Å². The van der Waals surface area contributed by atoms with Crippen molar-refractivity contribution in [1.29, 1.82) is 0 Å². The van der Waals surface area contributed by atoms with Gasteiger partial charge in [0, 0.05) is 43.7 Å². The smallest absolute Gasteiger partial charge is 0.135 e. The second kappa shape index (κ2) is 9.96. The van der Waals surface area contributed by atoms with E-state index in [1.807, 2.05) is 12.1 Å². The minimum Gasteiger partial charge on any atom is -0.456 e. The van der Waals surface area contributed by atoms with E-state index in [-0.39, 0.29) is 0 Å². The monoisotopic (exact) mass is 624 g/mol. The lowest BCUT2D eigenvalue weighted by Crippen LogP contribution is -1.98. The molecule has 3 aromatic heterocycles. The van der Waals surface area contributed by atoms with Crippen LogP contribution < -0.4 is 0 Å². The highest BCUT2D eigenvalue weighted by Crippen LogP contribution is 2.44. The summed E-state index contributed by atoms with van der Waals surface area (Å²) in [5.41, 5.74) is 11.3. The van der Waals surface area contributed by atoms with Crippen LogP contribution in [0.3, 0.4) is 0 Å². The van der Waals surface area contributed by atoms with Gasteiger partial charge in [-0.1, -0.05) is 115 Å². The lowest BCUT2D eigenvalue weighted by atomic mass is 10.0. The van der Waals surface area contributed by atoms with Crippen molar-refractivity contribution in [2.45, 2.75) is 0 Å². The van der Waals surface area contributed by atoms with Crippen LogP contribution in [-0.2, 0) is 0 Å². The fraction of sp³-hybridized carbons (Fsp3) is 0. The van der Waals surface area contributed by atoms with Crippen LogP contribution in [0.2, 0.25) is 0 Å². The molecule has 0 amide bonds. The summed E-state index contributed by atoms with van der Waals surface area (Å²) in [5, 5.41) is 9.83. The summed E-state index contributed by atoms with van der Waals surface area (Å²) in [5.74, 6) is 0. The Labute approximate surface area is 281 Å². The number of nitrogens with zero attached hydrogens (tertiary/aromatic N) is 2. The number of furan rings is 1. The summed E-state index contributed by atoms with van der Waals surface area (Å²) < 4.78 is 11.0. The fourth-order valence-electron chi connectivity index (χ4n) is 8.14. The Kier molecular flexibility index (Phi) is 5.38. The van der Waals surface area contributed by atoms with Crippen molar-refractivity contribution in [3.8, 4) is 22.5 Å². The Morgan fingerprint density at radius 2 is 0.980 bits per heavy atom. The van der Waals surface area contributed by atoms with Crippen LogP contribution >= 0.6 is 0 Å². The molecule has 0 saturated carbocycles. The van der Waals surface area contributed by atoms with Gasteiger partial charge < -0.3 is 13.6 Å². The first kappa shape index (κ1) is 26.5. The molecule has 11 rings (SSSR count). The molecule has 0 N–H and O–H groups in total. The summed E-state index contributed by atoms with van der Waals surface area (Å²) >= 11 is 0. The molecule has 0 fully saturated rings. The van der Waals surface area contributed by atoms with Crippen molar-refractivity contribution in [1.82, 2.24) is 9.13 Å². The van der Waals surface area contributed by atoms with Gasteiger partial charge in [0.2, 0.25) is 0 Å². The predicted molar refractivity (Wildman–Crippen MR) is 205 cm³/mol. The molecule has 49 heavy (non-hydrogen) atoms. The molecule has 0 unspecified atom stereocenters. The van der Waals surface area contributed by atoms with Crippen LogP contribution in [0.1, 0.15) is 0 Å². The Hall–Kier alpha value is -6.58. The molecule has 0 bridgehead atoms. The minimum absolute atomic E-state index is 0.914. The Balaban J connectivity index is 1.22. The maximum Gasteiger partial charge on any atom is 0.135 e. The normalized spacial score (nSPS) is 12.1. The summed E-state index contributed by atoms with van der Waals surface area (Å²) in [6, 6.07) is 61.3. The topological polar surface area (TPSA) is 23.0 Å². The van der Waals surface area contributed by atoms with Crippen molar-refractivity contribution in [2.75, 3.05) is 0 Å². The molecule has 0 aliphatic heterocycles. The van der Waals surface area contributed by atoms with Crippen LogP contribution in [0.15, 0.2) is 174 Å². The quantitative estimate of drug-likeness (QED) is 0.192. The molecule has 0 saturated heterocycles. The number of aromatic nitrogens is 2. The highest BCUT2D eigenvalue weighted by molar-refractivity contribution is 6.28. The third-order valence-corrected chi connectivity index (χ3v) is 10.3. The predicted octanol–water partition coefficient (Wildman–Crippen LogP) is 12.6. The summed E-state index contributed by atoms with van der Waals surface area (Å²) in [6.07, 6.45) is 0. The van der Waals surface area contributed by atoms with E-state index in [2.05, 4.69) is 167 Å². The van der Waals surface area contributed by atoms with Crippen LogP contribution in [0, 0.1) is 0 Å². The molecule has 3 heteroatoms. The first-order valence-electron chi connectivity index (χ1n) is 16.8. The summed E-state index contributed by atoms with van der Waals surface area (Å²) in [6.45, 7) is 0. The van der Waals surface area contributed by atoms with Gasteiger partial charge in [0.15, 0.2) is 0 Å². The molecule has 228 valence electrons. The standard InChI is InChI=1S/C46H28N2O/c1-2-11-32(12-3-1)47-40-16-8-6-14-35(40)37-24-25-38-44-34-13-5-4-10-30(34)20-26-41(44)48(46(38)45(37)47)33-22-18-29(19-23-33)31-21-27-43-39(28-31)36-15-7-9-17-42(36)49-43/h1-28H. The van der Waals surface area contributed by atoms with Gasteiger partial charge in [0.1, 0.15) is 11.2 Å². The molecular weight excluding hydrogens is 597 g/mol. The number of rotatable bonds is 3. The van der Waals surface area contributed by atoms with Gasteiger partial charge in [0.25, 0.3) is 0 Å². The van der Waals surface area contributed by atoms with E-state index in [9.17, 15) is 0 Å². The van der Waals surface area contributed by atoms with Gasteiger partial charge in [-0.25, -0.2) is 0 Å². The van der Waals surface area contributed by atoms with E-state index in [1.165, 1.54) is 65.5 Å². The second-order valence-electron chi connectivity index (χ2n) is 12.9. The van der Waals surface area contributed by atoms with Crippen LogP contribution in [0.5, 0.6) is 0 Å². The number of hydrogen-bond donors (Lipinski definition) is 0. The summed E-state index contributed by atoms with van der Waals surface area (Å²) in [4.78, 5) is 0. The minimum atomic E-state index is 0.914. The average molecular weight is 625 g/mol. The SMILES string of the molecule is c1ccc(-n2c3ccccc3c3ccc4c5c6ccccc6ccc5n(-c5ccc(-c6ccc7oc8ccccc8c7c6)cc5)c4c32)cc1. The maximum absolute atomic E-state index is 6.12. The van der Waals surface area contributed by atoms with Gasteiger partial charge in [-0.15, -0.1) is 0 Å². The highest BCUT2D eigenvalue weighted by atomic mass is 16.3. The zero-order valence-electron chi connectivity index (χ0n) is 26.5. The van der Waals surface area contributed by atoms with E-state index in [1.54, 1.807) is 0 Å². The fourth-order valence-corrected chi connectivity index (χ4v) is 8.14. The Morgan fingerprint density at radius 3 is 1.86 bits per heavy atom. The van der Waals surface area contributed by atoms with Crippen LogP contribution in [0.25, 0.3) is 98.8 Å². The van der Waals surface area contributed by atoms with Gasteiger partial charge in [0.05, 0.1) is 22.1 Å². The molecule has 0 radical (unpaired) electrons. The van der Waals surface area contributed by atoms with E-state index in [0.29, 0.717) is 0 Å². The molecule has 3 nitrogen and oxygen atoms in total. The molecule has 0 aliphatic carbocycles. The highest BCUT2D eigenvalue weighted by Gasteiger charge is 2.22. The largest absolute Gasteiger partial charge is 0.456 e. The number of para-hydroxylation sites is 3. The number of fused-ring (bicyclic) bond motifs is 12. The summed E-state index contributed by atoms with van der Waals surface area (Å²) in [7, 11) is 0. The zero-order chi connectivity index (χ0) is 32.1. The molecule has 11 aromatic rings. The van der Waals surface area contributed by atoms with E-state index in [4.69, 9.17) is 4.42 Å². The van der Waals surface area contributed by atoms with E-state index in [0.717, 1.165) is 33.3 Å². The molecule has 0 aliphatic rings. The van der Waals surface area contributed by atoms with Crippen molar-refractivity contribution in [3.05, 3.63) is 170 Å². The van der Waals surface area contributed by atoms with E-state index < -0.39 is 0 Å².